The van der Waals surface area contributed by atoms with E-state index in [0.717, 1.165) is 5.56 Å². The number of hydrogen-bond acceptors (Lipinski definition) is 5. The van der Waals surface area contributed by atoms with Crippen LogP contribution < -0.4 is 14.8 Å². The maximum atomic E-state index is 15.2. The van der Waals surface area contributed by atoms with E-state index >= 15 is 8.78 Å². The molecule has 5 nitrogen and oxygen atoms in total. The van der Waals surface area contributed by atoms with E-state index in [2.05, 4.69) is 5.32 Å². The van der Waals surface area contributed by atoms with Crippen LogP contribution in [0.1, 0.15) is 23.6 Å². The quantitative estimate of drug-likeness (QED) is 0.548. The minimum Gasteiger partial charge on any atom is -0.492 e. The lowest BCUT2D eigenvalue weighted by Gasteiger charge is -2.18. The highest BCUT2D eigenvalue weighted by atomic mass is 19.1. The van der Waals surface area contributed by atoms with E-state index in [1.807, 2.05) is 6.92 Å². The van der Waals surface area contributed by atoms with Gasteiger partial charge in [-0.05, 0) is 38.1 Å². The van der Waals surface area contributed by atoms with Gasteiger partial charge in [0, 0.05) is 0 Å². The number of nitriles is 2. The van der Waals surface area contributed by atoms with Gasteiger partial charge in [-0.15, -0.1) is 0 Å². The molecule has 0 heterocycles. The second-order valence-corrected chi connectivity index (χ2v) is 6.27. The third-order valence-corrected chi connectivity index (χ3v) is 4.25. The Morgan fingerprint density at radius 1 is 0.933 bits per heavy atom. The maximum absolute atomic E-state index is 15.2. The minimum atomic E-state index is -1.13. The molecule has 3 rings (SSSR count). The summed E-state index contributed by atoms with van der Waals surface area (Å²) in [5.41, 5.74) is -0.533. The minimum absolute atomic E-state index is 0.244. The summed E-state index contributed by atoms with van der Waals surface area (Å²) in [7, 11) is 0. The van der Waals surface area contributed by atoms with E-state index in [-0.39, 0.29) is 5.75 Å². The van der Waals surface area contributed by atoms with Gasteiger partial charge in [-0.25, -0.2) is 8.78 Å². The molecule has 0 aliphatic heterocycles. The van der Waals surface area contributed by atoms with E-state index in [4.69, 9.17) is 9.47 Å². The summed E-state index contributed by atoms with van der Waals surface area (Å²) >= 11 is 0. The highest BCUT2D eigenvalue weighted by Crippen LogP contribution is 2.41. The number of ether oxygens (including phenoxy) is 2. The molecule has 1 N–H and O–H groups in total. The smallest absolute Gasteiger partial charge is 0.190 e. The summed E-state index contributed by atoms with van der Waals surface area (Å²) < 4.78 is 41.5. The van der Waals surface area contributed by atoms with Crippen LogP contribution in [-0.4, -0.2) is 6.61 Å². The van der Waals surface area contributed by atoms with Gasteiger partial charge in [0.05, 0.1) is 12.3 Å². The molecule has 7 heteroatoms. The standard InChI is InChI=1S/C23H17F2N3O2/c1-3-29-19-7-5-4-6-18(19)28-22-20(24)16(12-26)17(13-27)21(25)23(22)30-15-10-8-14(2)9-11-15/h4-11,28H,3H2,1-2H3. The average molecular weight is 405 g/mol. The van der Waals surface area contributed by atoms with Gasteiger partial charge in [0.15, 0.2) is 17.4 Å². The summed E-state index contributed by atoms with van der Waals surface area (Å²) in [6.07, 6.45) is 0. The Kier molecular flexibility index (Phi) is 6.14. The third kappa shape index (κ3) is 4.01. The van der Waals surface area contributed by atoms with E-state index in [9.17, 15) is 10.5 Å². The van der Waals surface area contributed by atoms with Crippen molar-refractivity contribution in [3.05, 3.63) is 76.9 Å². The predicted octanol–water partition coefficient (Wildman–Crippen LogP) is 5.95. The van der Waals surface area contributed by atoms with Gasteiger partial charge in [-0.2, -0.15) is 10.5 Å². The third-order valence-electron chi connectivity index (χ3n) is 4.25. The van der Waals surface area contributed by atoms with Crippen LogP contribution in [0.5, 0.6) is 17.2 Å². The summed E-state index contributed by atoms with van der Waals surface area (Å²) in [6, 6.07) is 16.5. The molecule has 0 spiro atoms. The molecular formula is C23H17F2N3O2. The van der Waals surface area contributed by atoms with Crippen molar-refractivity contribution < 1.29 is 18.3 Å². The number of hydrogen-bond donors (Lipinski definition) is 1. The van der Waals surface area contributed by atoms with Crippen molar-refractivity contribution in [2.24, 2.45) is 0 Å². The number of rotatable bonds is 6. The molecule has 30 heavy (non-hydrogen) atoms. The number of halogens is 2. The summed E-state index contributed by atoms with van der Waals surface area (Å²) in [6.45, 7) is 4.02. The van der Waals surface area contributed by atoms with E-state index in [1.165, 1.54) is 0 Å². The number of benzene rings is 3. The average Bonchev–Trinajstić information content (AvgIpc) is 2.75. The van der Waals surface area contributed by atoms with Crippen molar-refractivity contribution >= 4 is 11.4 Å². The molecule has 0 saturated carbocycles. The molecule has 0 aromatic heterocycles. The SMILES string of the molecule is CCOc1ccccc1Nc1c(F)c(C#N)c(C#N)c(F)c1Oc1ccc(C)cc1. The first-order valence-electron chi connectivity index (χ1n) is 9.08. The molecule has 0 radical (unpaired) electrons. The lowest BCUT2D eigenvalue weighted by Crippen LogP contribution is -2.07. The van der Waals surface area contributed by atoms with Crippen molar-refractivity contribution in [3.63, 3.8) is 0 Å². The largest absolute Gasteiger partial charge is 0.492 e. The Morgan fingerprint density at radius 3 is 2.20 bits per heavy atom. The molecule has 0 aliphatic rings. The molecule has 3 aromatic rings. The van der Waals surface area contributed by atoms with Crippen LogP contribution in [0, 0.1) is 41.2 Å². The van der Waals surface area contributed by atoms with Crippen LogP contribution in [0.15, 0.2) is 48.5 Å². The molecule has 3 aromatic carbocycles. The number of para-hydroxylation sites is 2. The Bertz CT molecular complexity index is 1160. The van der Waals surface area contributed by atoms with Gasteiger partial charge in [0.2, 0.25) is 0 Å². The summed E-state index contributed by atoms with van der Waals surface area (Å²) in [5.74, 6) is -2.10. The highest BCUT2D eigenvalue weighted by Gasteiger charge is 2.27. The van der Waals surface area contributed by atoms with E-state index < -0.39 is 34.2 Å². The van der Waals surface area contributed by atoms with Crippen molar-refractivity contribution in [3.8, 4) is 29.4 Å². The molecule has 150 valence electrons. The number of anilines is 2. The van der Waals surface area contributed by atoms with Crippen molar-refractivity contribution in [1.29, 1.82) is 10.5 Å². The summed E-state index contributed by atoms with van der Waals surface area (Å²) in [4.78, 5) is 0. The summed E-state index contributed by atoms with van der Waals surface area (Å²) in [5, 5.41) is 21.3. The van der Waals surface area contributed by atoms with Crippen molar-refractivity contribution in [1.82, 2.24) is 0 Å². The molecule has 0 atom stereocenters. The van der Waals surface area contributed by atoms with Crippen LogP contribution in [0.25, 0.3) is 0 Å². The Labute approximate surface area is 172 Å². The fourth-order valence-electron chi connectivity index (χ4n) is 2.79. The first kappa shape index (κ1) is 20.6. The van der Waals surface area contributed by atoms with Gasteiger partial charge in [-0.1, -0.05) is 29.8 Å². The van der Waals surface area contributed by atoms with Crippen LogP contribution in [-0.2, 0) is 0 Å². The second-order valence-electron chi connectivity index (χ2n) is 6.27. The molecule has 0 aliphatic carbocycles. The van der Waals surface area contributed by atoms with Crippen LogP contribution in [0.3, 0.4) is 0 Å². The zero-order chi connectivity index (χ0) is 21.7. The number of nitrogens with zero attached hydrogens (tertiary/aromatic N) is 2. The predicted molar refractivity (Wildman–Crippen MR) is 108 cm³/mol. The van der Waals surface area contributed by atoms with Gasteiger partial charge >= 0.3 is 0 Å². The highest BCUT2D eigenvalue weighted by molar-refractivity contribution is 5.75. The Balaban J connectivity index is 2.20. The fourth-order valence-corrected chi connectivity index (χ4v) is 2.79. The molecule has 0 bridgehead atoms. The normalized spacial score (nSPS) is 10.1. The number of nitrogens with one attached hydrogen (secondary N) is 1. The van der Waals surface area contributed by atoms with Gasteiger partial charge in [0.1, 0.15) is 40.5 Å². The first-order valence-corrected chi connectivity index (χ1v) is 9.08. The van der Waals surface area contributed by atoms with Crippen molar-refractivity contribution in [2.45, 2.75) is 13.8 Å². The topological polar surface area (TPSA) is 78.1 Å². The van der Waals surface area contributed by atoms with Crippen LogP contribution >= 0.6 is 0 Å². The zero-order valence-electron chi connectivity index (χ0n) is 16.3. The zero-order valence-corrected chi connectivity index (χ0v) is 16.3. The monoisotopic (exact) mass is 405 g/mol. The first-order chi connectivity index (χ1) is 14.5. The number of aryl methyl sites for hydroxylation is 1. The van der Waals surface area contributed by atoms with Gasteiger partial charge < -0.3 is 14.8 Å². The van der Waals surface area contributed by atoms with E-state index in [0.29, 0.717) is 18.0 Å². The lowest BCUT2D eigenvalue weighted by molar-refractivity contribution is 0.342. The Hall–Kier alpha value is -4.10. The lowest BCUT2D eigenvalue weighted by atomic mass is 10.0. The second kappa shape index (κ2) is 8.93. The van der Waals surface area contributed by atoms with Gasteiger partial charge in [-0.3, -0.25) is 0 Å². The van der Waals surface area contributed by atoms with E-state index in [1.54, 1.807) is 67.6 Å². The Morgan fingerprint density at radius 2 is 1.57 bits per heavy atom. The van der Waals surface area contributed by atoms with Crippen molar-refractivity contribution in [2.75, 3.05) is 11.9 Å². The molecule has 0 saturated heterocycles. The molecule has 0 fully saturated rings. The van der Waals surface area contributed by atoms with Crippen LogP contribution in [0.4, 0.5) is 20.2 Å². The van der Waals surface area contributed by atoms with Gasteiger partial charge in [0.25, 0.3) is 0 Å². The molecule has 0 amide bonds. The maximum Gasteiger partial charge on any atom is 0.190 e. The molecular weight excluding hydrogens is 388 g/mol. The fraction of sp³-hybridized carbons (Fsp3) is 0.130. The van der Waals surface area contributed by atoms with Crippen LogP contribution in [0.2, 0.25) is 0 Å². The molecule has 0 unspecified atom stereocenters.